The van der Waals surface area contributed by atoms with Crippen molar-refractivity contribution in [3.63, 3.8) is 0 Å². The lowest BCUT2D eigenvalue weighted by Gasteiger charge is -2.32. The van der Waals surface area contributed by atoms with Crippen LogP contribution in [0, 0.1) is 0 Å². The van der Waals surface area contributed by atoms with Crippen LogP contribution in [0.4, 0.5) is 0 Å². The molecule has 1 aliphatic rings. The normalized spacial score (nSPS) is 16.0. The molecule has 1 aromatic carbocycles. The van der Waals surface area contributed by atoms with Crippen molar-refractivity contribution in [2.24, 2.45) is 0 Å². The van der Waals surface area contributed by atoms with E-state index in [1.807, 2.05) is 11.0 Å². The van der Waals surface area contributed by atoms with Gasteiger partial charge in [-0.25, -0.2) is 0 Å². The highest BCUT2D eigenvalue weighted by atomic mass is 35.5. The Morgan fingerprint density at radius 2 is 1.86 bits per heavy atom. The summed E-state index contributed by atoms with van der Waals surface area (Å²) in [5.74, 6) is 0.520. The first-order valence-electron chi connectivity index (χ1n) is 7.20. The molecule has 1 amide bonds. The second-order valence-electron chi connectivity index (χ2n) is 5.34. The van der Waals surface area contributed by atoms with Gasteiger partial charge in [0.2, 0.25) is 0 Å². The fraction of sp³-hybridized carbons (Fsp3) is 0.294. The Balaban J connectivity index is 1.64. The number of halogens is 1. The minimum absolute atomic E-state index is 0.0241. The molecule has 4 heteroatoms. The van der Waals surface area contributed by atoms with Crippen LogP contribution in [0.2, 0.25) is 5.02 Å². The van der Waals surface area contributed by atoms with Crippen molar-refractivity contribution < 1.29 is 4.79 Å². The van der Waals surface area contributed by atoms with Gasteiger partial charge in [0.1, 0.15) is 5.69 Å². The van der Waals surface area contributed by atoms with E-state index >= 15 is 0 Å². The highest BCUT2D eigenvalue weighted by Crippen LogP contribution is 2.28. The molecule has 108 valence electrons. The molecule has 0 saturated carbocycles. The van der Waals surface area contributed by atoms with Gasteiger partial charge in [-0.1, -0.05) is 41.9 Å². The largest absolute Gasteiger partial charge is 0.337 e. The van der Waals surface area contributed by atoms with Crippen LogP contribution in [0.15, 0.2) is 48.7 Å². The van der Waals surface area contributed by atoms with Crippen molar-refractivity contribution in [2.45, 2.75) is 18.8 Å². The zero-order valence-corrected chi connectivity index (χ0v) is 12.5. The smallest absolute Gasteiger partial charge is 0.272 e. The molecule has 21 heavy (non-hydrogen) atoms. The van der Waals surface area contributed by atoms with E-state index in [0.29, 0.717) is 16.6 Å². The number of piperidine rings is 1. The van der Waals surface area contributed by atoms with Gasteiger partial charge >= 0.3 is 0 Å². The van der Waals surface area contributed by atoms with Crippen molar-refractivity contribution in [2.75, 3.05) is 13.1 Å². The summed E-state index contributed by atoms with van der Waals surface area (Å²) in [7, 11) is 0. The van der Waals surface area contributed by atoms with Crippen LogP contribution >= 0.6 is 11.6 Å². The molecule has 0 aliphatic carbocycles. The predicted octanol–water partition coefficient (Wildman–Crippen LogP) is 3.75. The SMILES string of the molecule is O=C(c1cc(Cl)ccn1)N1CCC(c2ccccc2)CC1. The first kappa shape index (κ1) is 14.1. The fourth-order valence-corrected chi connectivity index (χ4v) is 2.98. The Hall–Kier alpha value is -1.87. The summed E-state index contributed by atoms with van der Waals surface area (Å²) in [6.07, 6.45) is 3.57. The van der Waals surface area contributed by atoms with Gasteiger partial charge < -0.3 is 4.90 Å². The quantitative estimate of drug-likeness (QED) is 0.846. The minimum atomic E-state index is -0.0241. The van der Waals surface area contributed by atoms with E-state index in [-0.39, 0.29) is 5.91 Å². The lowest BCUT2D eigenvalue weighted by Crippen LogP contribution is -2.38. The van der Waals surface area contributed by atoms with Gasteiger partial charge in [-0.2, -0.15) is 0 Å². The lowest BCUT2D eigenvalue weighted by molar-refractivity contribution is 0.0707. The van der Waals surface area contributed by atoms with E-state index in [2.05, 4.69) is 29.2 Å². The summed E-state index contributed by atoms with van der Waals surface area (Å²) in [4.78, 5) is 18.4. The van der Waals surface area contributed by atoms with Crippen molar-refractivity contribution in [1.29, 1.82) is 0 Å². The Labute approximate surface area is 129 Å². The third-order valence-corrected chi connectivity index (χ3v) is 4.23. The molecule has 1 fully saturated rings. The van der Waals surface area contributed by atoms with Crippen LogP contribution in [0.3, 0.4) is 0 Å². The number of carbonyl (C=O) groups excluding carboxylic acids is 1. The van der Waals surface area contributed by atoms with Gasteiger partial charge in [-0.05, 0) is 36.5 Å². The fourth-order valence-electron chi connectivity index (χ4n) is 2.82. The van der Waals surface area contributed by atoms with E-state index in [4.69, 9.17) is 11.6 Å². The predicted molar refractivity (Wildman–Crippen MR) is 83.6 cm³/mol. The van der Waals surface area contributed by atoms with Crippen LogP contribution < -0.4 is 0 Å². The number of carbonyl (C=O) groups is 1. The van der Waals surface area contributed by atoms with Crippen molar-refractivity contribution >= 4 is 17.5 Å². The average molecular weight is 301 g/mol. The number of benzene rings is 1. The number of hydrogen-bond acceptors (Lipinski definition) is 2. The summed E-state index contributed by atoms with van der Waals surface area (Å²) in [5.41, 5.74) is 1.80. The van der Waals surface area contributed by atoms with Gasteiger partial charge in [0, 0.05) is 24.3 Å². The average Bonchev–Trinajstić information content (AvgIpc) is 2.55. The molecule has 2 heterocycles. The number of amides is 1. The van der Waals surface area contributed by atoms with Crippen LogP contribution in [0.5, 0.6) is 0 Å². The van der Waals surface area contributed by atoms with Gasteiger partial charge in [-0.15, -0.1) is 0 Å². The van der Waals surface area contributed by atoms with E-state index in [9.17, 15) is 4.79 Å². The van der Waals surface area contributed by atoms with Crippen molar-refractivity contribution in [3.05, 3.63) is 64.9 Å². The van der Waals surface area contributed by atoms with Gasteiger partial charge in [0.05, 0.1) is 0 Å². The molecular formula is C17H17ClN2O. The summed E-state index contributed by atoms with van der Waals surface area (Å²) in [5, 5.41) is 0.549. The third kappa shape index (κ3) is 3.24. The summed E-state index contributed by atoms with van der Waals surface area (Å²) >= 11 is 5.92. The van der Waals surface area contributed by atoms with E-state index < -0.39 is 0 Å². The zero-order chi connectivity index (χ0) is 14.7. The first-order valence-corrected chi connectivity index (χ1v) is 7.57. The van der Waals surface area contributed by atoms with Crippen molar-refractivity contribution in [3.8, 4) is 0 Å². The number of pyridine rings is 1. The summed E-state index contributed by atoms with van der Waals surface area (Å²) < 4.78 is 0. The summed E-state index contributed by atoms with van der Waals surface area (Å²) in [6, 6.07) is 13.8. The maximum atomic E-state index is 12.4. The second-order valence-corrected chi connectivity index (χ2v) is 5.77. The molecule has 0 N–H and O–H groups in total. The molecule has 0 unspecified atom stereocenters. The van der Waals surface area contributed by atoms with Gasteiger partial charge in [0.25, 0.3) is 5.91 Å². The van der Waals surface area contributed by atoms with E-state index in [1.54, 1.807) is 18.3 Å². The van der Waals surface area contributed by atoms with Crippen LogP contribution in [-0.4, -0.2) is 28.9 Å². The van der Waals surface area contributed by atoms with Gasteiger partial charge in [0.15, 0.2) is 0 Å². The molecule has 0 spiro atoms. The van der Waals surface area contributed by atoms with E-state index in [1.165, 1.54) is 5.56 Å². The molecule has 1 saturated heterocycles. The summed E-state index contributed by atoms with van der Waals surface area (Å²) in [6.45, 7) is 1.54. The topological polar surface area (TPSA) is 33.2 Å². The molecular weight excluding hydrogens is 284 g/mol. The lowest BCUT2D eigenvalue weighted by atomic mass is 9.89. The second kappa shape index (κ2) is 6.27. The molecule has 0 atom stereocenters. The number of likely N-dealkylation sites (tertiary alicyclic amines) is 1. The van der Waals surface area contributed by atoms with Crippen LogP contribution in [-0.2, 0) is 0 Å². The number of rotatable bonds is 2. The first-order chi connectivity index (χ1) is 10.2. The molecule has 1 aliphatic heterocycles. The molecule has 2 aromatic rings. The van der Waals surface area contributed by atoms with Gasteiger partial charge in [-0.3, -0.25) is 9.78 Å². The molecule has 0 radical (unpaired) electrons. The molecule has 3 nitrogen and oxygen atoms in total. The number of hydrogen-bond donors (Lipinski definition) is 0. The standard InChI is InChI=1S/C17H17ClN2O/c18-15-6-9-19-16(12-15)17(21)20-10-7-14(8-11-20)13-4-2-1-3-5-13/h1-6,9,12,14H,7-8,10-11H2. The monoisotopic (exact) mass is 300 g/mol. The third-order valence-electron chi connectivity index (χ3n) is 3.99. The molecule has 1 aromatic heterocycles. The highest BCUT2D eigenvalue weighted by Gasteiger charge is 2.25. The Bertz CT molecular complexity index is 622. The zero-order valence-electron chi connectivity index (χ0n) is 11.7. The Kier molecular flexibility index (Phi) is 4.20. The Morgan fingerprint density at radius 1 is 1.14 bits per heavy atom. The maximum absolute atomic E-state index is 12.4. The molecule has 3 rings (SSSR count). The maximum Gasteiger partial charge on any atom is 0.272 e. The molecule has 0 bridgehead atoms. The number of aromatic nitrogens is 1. The highest BCUT2D eigenvalue weighted by molar-refractivity contribution is 6.30. The Morgan fingerprint density at radius 3 is 2.52 bits per heavy atom. The van der Waals surface area contributed by atoms with Crippen molar-refractivity contribution in [1.82, 2.24) is 9.88 Å². The minimum Gasteiger partial charge on any atom is -0.337 e. The number of nitrogens with zero attached hydrogens (tertiary/aromatic N) is 2. The van der Waals surface area contributed by atoms with E-state index in [0.717, 1.165) is 25.9 Å². The van der Waals surface area contributed by atoms with Crippen LogP contribution in [0.1, 0.15) is 34.8 Å². The van der Waals surface area contributed by atoms with Crippen LogP contribution in [0.25, 0.3) is 0 Å².